The minimum Gasteiger partial charge on any atom is -0.369 e. The van der Waals surface area contributed by atoms with Gasteiger partial charge in [0.25, 0.3) is 5.91 Å². The molecule has 0 fully saturated rings. The van der Waals surface area contributed by atoms with Crippen molar-refractivity contribution < 1.29 is 9.59 Å². The Morgan fingerprint density at radius 3 is 2.05 bits per heavy atom. The van der Waals surface area contributed by atoms with Gasteiger partial charge in [-0.25, -0.2) is 0 Å². The Labute approximate surface area is 130 Å². The Morgan fingerprint density at radius 1 is 1.00 bits per heavy atom. The number of nitrogens with two attached hydrogens (primary N) is 1. The molecule has 0 saturated carbocycles. The molecule has 0 unspecified atom stereocenters. The van der Waals surface area contributed by atoms with E-state index in [0.29, 0.717) is 11.3 Å². The summed E-state index contributed by atoms with van der Waals surface area (Å²) < 4.78 is 0. The maximum atomic E-state index is 12.4. The lowest BCUT2D eigenvalue weighted by molar-refractivity contribution is -0.117. The van der Waals surface area contributed by atoms with E-state index in [-0.39, 0.29) is 18.2 Å². The van der Waals surface area contributed by atoms with Gasteiger partial charge in [0, 0.05) is 11.3 Å². The molecular formula is C18H20N2O2. The number of carbonyl (C=O) groups excluding carboxylic acids is 2. The second kappa shape index (κ2) is 6.43. The van der Waals surface area contributed by atoms with Crippen molar-refractivity contribution >= 4 is 17.5 Å². The number of rotatable bonds is 4. The Bertz CT molecular complexity index is 695. The van der Waals surface area contributed by atoms with Gasteiger partial charge >= 0.3 is 0 Å². The summed E-state index contributed by atoms with van der Waals surface area (Å²) in [5.74, 6) is -0.500. The van der Waals surface area contributed by atoms with E-state index in [1.807, 2.05) is 32.9 Å². The first-order chi connectivity index (χ1) is 10.4. The lowest BCUT2D eigenvalue weighted by atomic mass is 9.99. The van der Waals surface area contributed by atoms with E-state index in [1.54, 1.807) is 24.3 Å². The quantitative estimate of drug-likeness (QED) is 0.910. The molecule has 0 atom stereocenters. The monoisotopic (exact) mass is 296 g/mol. The normalized spacial score (nSPS) is 10.3. The molecule has 0 spiro atoms. The van der Waals surface area contributed by atoms with Crippen LogP contribution in [-0.4, -0.2) is 11.8 Å². The highest BCUT2D eigenvalue weighted by Gasteiger charge is 2.13. The van der Waals surface area contributed by atoms with Crippen LogP contribution in [0.1, 0.15) is 32.6 Å². The summed E-state index contributed by atoms with van der Waals surface area (Å²) in [6, 6.07) is 11.1. The van der Waals surface area contributed by atoms with Crippen LogP contribution < -0.4 is 11.1 Å². The van der Waals surface area contributed by atoms with Gasteiger partial charge in [-0.05, 0) is 49.6 Å². The molecule has 0 aliphatic carbocycles. The molecule has 0 radical (unpaired) electrons. The number of nitrogens with one attached hydrogen (secondary N) is 1. The number of amides is 2. The Balaban J connectivity index is 2.17. The van der Waals surface area contributed by atoms with Gasteiger partial charge in [0.1, 0.15) is 0 Å². The van der Waals surface area contributed by atoms with Gasteiger partial charge in [0.2, 0.25) is 5.91 Å². The minimum absolute atomic E-state index is 0.127. The predicted octanol–water partition coefficient (Wildman–Crippen LogP) is 2.89. The Kier molecular flexibility index (Phi) is 4.61. The molecule has 114 valence electrons. The Hall–Kier alpha value is -2.62. The highest BCUT2D eigenvalue weighted by molar-refractivity contribution is 6.06. The van der Waals surface area contributed by atoms with Gasteiger partial charge in [-0.1, -0.05) is 29.8 Å². The SMILES string of the molecule is Cc1cc(C)c(C(=O)Nc2ccc(CC(N)=O)cc2)c(C)c1. The highest BCUT2D eigenvalue weighted by atomic mass is 16.2. The van der Waals surface area contributed by atoms with E-state index in [1.165, 1.54) is 0 Å². The molecule has 0 heterocycles. The molecule has 22 heavy (non-hydrogen) atoms. The van der Waals surface area contributed by atoms with Crippen LogP contribution in [0.5, 0.6) is 0 Å². The van der Waals surface area contributed by atoms with Gasteiger partial charge in [-0.2, -0.15) is 0 Å². The molecule has 0 aliphatic heterocycles. The molecule has 0 saturated heterocycles. The lowest BCUT2D eigenvalue weighted by Crippen LogP contribution is -2.16. The van der Waals surface area contributed by atoms with Gasteiger partial charge in [0.05, 0.1) is 6.42 Å². The van der Waals surface area contributed by atoms with E-state index in [2.05, 4.69) is 5.32 Å². The summed E-state index contributed by atoms with van der Waals surface area (Å²) in [6.45, 7) is 5.88. The molecule has 4 nitrogen and oxygen atoms in total. The van der Waals surface area contributed by atoms with Crippen molar-refractivity contribution in [1.82, 2.24) is 0 Å². The molecular weight excluding hydrogens is 276 g/mol. The Morgan fingerprint density at radius 2 is 1.55 bits per heavy atom. The van der Waals surface area contributed by atoms with E-state index in [9.17, 15) is 9.59 Å². The molecule has 0 aromatic heterocycles. The van der Waals surface area contributed by atoms with E-state index < -0.39 is 0 Å². The first-order valence-corrected chi connectivity index (χ1v) is 7.13. The van der Waals surface area contributed by atoms with Crippen LogP contribution >= 0.6 is 0 Å². The minimum atomic E-state index is -0.373. The van der Waals surface area contributed by atoms with E-state index in [4.69, 9.17) is 5.73 Å². The zero-order chi connectivity index (χ0) is 16.3. The van der Waals surface area contributed by atoms with Crippen LogP contribution in [0.15, 0.2) is 36.4 Å². The number of benzene rings is 2. The van der Waals surface area contributed by atoms with Gasteiger partial charge in [-0.3, -0.25) is 9.59 Å². The third-order valence-corrected chi connectivity index (χ3v) is 3.49. The van der Waals surface area contributed by atoms with Crippen LogP contribution in [0.4, 0.5) is 5.69 Å². The fourth-order valence-electron chi connectivity index (χ4n) is 2.64. The number of primary amides is 1. The summed E-state index contributed by atoms with van der Waals surface area (Å²) >= 11 is 0. The first-order valence-electron chi connectivity index (χ1n) is 7.13. The largest absolute Gasteiger partial charge is 0.369 e. The molecule has 0 aliphatic rings. The van der Waals surface area contributed by atoms with Crippen LogP contribution in [0.25, 0.3) is 0 Å². The fourth-order valence-corrected chi connectivity index (χ4v) is 2.64. The topological polar surface area (TPSA) is 72.2 Å². The van der Waals surface area contributed by atoms with Crippen LogP contribution in [0.3, 0.4) is 0 Å². The number of anilines is 1. The van der Waals surface area contributed by atoms with Crippen LogP contribution in [0, 0.1) is 20.8 Å². The van der Waals surface area contributed by atoms with Crippen molar-refractivity contribution in [2.24, 2.45) is 5.73 Å². The third-order valence-electron chi connectivity index (χ3n) is 3.49. The molecule has 2 rings (SSSR count). The maximum absolute atomic E-state index is 12.4. The van der Waals surface area contributed by atoms with E-state index in [0.717, 1.165) is 22.3 Å². The summed E-state index contributed by atoms with van der Waals surface area (Å²) in [7, 11) is 0. The van der Waals surface area contributed by atoms with Crippen LogP contribution in [0.2, 0.25) is 0 Å². The summed E-state index contributed by atoms with van der Waals surface area (Å²) in [5.41, 5.74) is 10.4. The molecule has 4 heteroatoms. The van der Waals surface area contributed by atoms with Gasteiger partial charge in [-0.15, -0.1) is 0 Å². The second-order valence-corrected chi connectivity index (χ2v) is 5.57. The summed E-state index contributed by atoms with van der Waals surface area (Å²) in [6.07, 6.45) is 0.199. The highest BCUT2D eigenvalue weighted by Crippen LogP contribution is 2.18. The number of hydrogen-bond acceptors (Lipinski definition) is 2. The van der Waals surface area contributed by atoms with Crippen molar-refractivity contribution in [1.29, 1.82) is 0 Å². The summed E-state index contributed by atoms with van der Waals surface area (Å²) in [4.78, 5) is 23.3. The third kappa shape index (κ3) is 3.73. The standard InChI is InChI=1S/C18H20N2O2/c1-11-8-12(2)17(13(3)9-11)18(22)20-15-6-4-14(5-7-15)10-16(19)21/h4-9H,10H2,1-3H3,(H2,19,21)(H,20,22). The fraction of sp³-hybridized carbons (Fsp3) is 0.222. The zero-order valence-electron chi connectivity index (χ0n) is 13.1. The molecule has 0 bridgehead atoms. The lowest BCUT2D eigenvalue weighted by Gasteiger charge is -2.12. The molecule has 2 aromatic carbocycles. The first kappa shape index (κ1) is 15.8. The van der Waals surface area contributed by atoms with Gasteiger partial charge in [0.15, 0.2) is 0 Å². The number of hydrogen-bond donors (Lipinski definition) is 2. The molecule has 2 aromatic rings. The van der Waals surface area contributed by atoms with Crippen molar-refractivity contribution in [3.63, 3.8) is 0 Å². The van der Waals surface area contributed by atoms with Crippen molar-refractivity contribution in [3.8, 4) is 0 Å². The second-order valence-electron chi connectivity index (χ2n) is 5.57. The van der Waals surface area contributed by atoms with E-state index >= 15 is 0 Å². The van der Waals surface area contributed by atoms with Crippen molar-refractivity contribution in [2.45, 2.75) is 27.2 Å². The molecule has 2 amide bonds. The van der Waals surface area contributed by atoms with Crippen LogP contribution in [-0.2, 0) is 11.2 Å². The average molecular weight is 296 g/mol. The average Bonchev–Trinajstić information content (AvgIpc) is 2.39. The number of carbonyl (C=O) groups is 2. The van der Waals surface area contributed by atoms with Crippen molar-refractivity contribution in [2.75, 3.05) is 5.32 Å². The summed E-state index contributed by atoms with van der Waals surface area (Å²) in [5, 5.41) is 2.88. The van der Waals surface area contributed by atoms with Gasteiger partial charge < -0.3 is 11.1 Å². The zero-order valence-corrected chi connectivity index (χ0v) is 13.1. The smallest absolute Gasteiger partial charge is 0.256 e. The molecule has 3 N–H and O–H groups in total. The predicted molar refractivity (Wildman–Crippen MR) is 87.9 cm³/mol. The number of aryl methyl sites for hydroxylation is 3. The maximum Gasteiger partial charge on any atom is 0.256 e. The van der Waals surface area contributed by atoms with Crippen molar-refractivity contribution in [3.05, 3.63) is 64.2 Å².